The summed E-state index contributed by atoms with van der Waals surface area (Å²) in [4.78, 5) is 16.5. The van der Waals surface area contributed by atoms with Crippen molar-refractivity contribution in [2.24, 2.45) is 0 Å². The second-order valence-corrected chi connectivity index (χ2v) is 6.86. The lowest BCUT2D eigenvalue weighted by Crippen LogP contribution is -2.22. The van der Waals surface area contributed by atoms with Crippen LogP contribution in [0.4, 0.5) is 5.69 Å². The number of aromatic nitrogens is 3. The van der Waals surface area contributed by atoms with Crippen molar-refractivity contribution in [1.82, 2.24) is 15.2 Å². The summed E-state index contributed by atoms with van der Waals surface area (Å²) in [5.74, 6) is 0.798. The average Bonchev–Trinajstić information content (AvgIpc) is 3.11. The highest BCUT2D eigenvalue weighted by Crippen LogP contribution is 2.29. The summed E-state index contributed by atoms with van der Waals surface area (Å²) in [7, 11) is 1.57. The molecule has 2 aromatic heterocycles. The van der Waals surface area contributed by atoms with E-state index in [0.717, 1.165) is 11.1 Å². The second kappa shape index (κ2) is 8.01. The Morgan fingerprint density at radius 3 is 2.88 bits per heavy atom. The average molecular weight is 370 g/mol. The number of anilines is 1. The zero-order valence-electron chi connectivity index (χ0n) is 14.6. The molecule has 26 heavy (non-hydrogen) atoms. The van der Waals surface area contributed by atoms with Gasteiger partial charge in [0.2, 0.25) is 11.8 Å². The van der Waals surface area contributed by atoms with E-state index in [9.17, 15) is 4.79 Å². The third kappa shape index (κ3) is 4.20. The normalized spacial score (nSPS) is 11.8. The molecule has 0 bridgehead atoms. The van der Waals surface area contributed by atoms with Gasteiger partial charge in [-0.25, -0.2) is 0 Å². The van der Waals surface area contributed by atoms with Crippen molar-refractivity contribution in [3.8, 4) is 17.2 Å². The minimum atomic E-state index is -0.428. The number of carbonyl (C=O) groups is 1. The zero-order chi connectivity index (χ0) is 18.5. The van der Waals surface area contributed by atoms with E-state index >= 15 is 0 Å². The third-order valence-electron chi connectivity index (χ3n) is 3.57. The topological polar surface area (TPSA) is 90.1 Å². The predicted molar refractivity (Wildman–Crippen MR) is 99.2 cm³/mol. The Bertz CT molecular complexity index is 898. The number of pyridine rings is 1. The summed E-state index contributed by atoms with van der Waals surface area (Å²) in [5, 5.41) is 10.7. The number of rotatable bonds is 6. The smallest absolute Gasteiger partial charge is 0.277 e. The van der Waals surface area contributed by atoms with Gasteiger partial charge >= 0.3 is 0 Å². The van der Waals surface area contributed by atoms with Gasteiger partial charge in [-0.3, -0.25) is 9.78 Å². The maximum absolute atomic E-state index is 12.5. The quantitative estimate of drug-likeness (QED) is 0.663. The Morgan fingerprint density at radius 2 is 2.15 bits per heavy atom. The number of aryl methyl sites for hydroxylation is 1. The van der Waals surface area contributed by atoms with Crippen LogP contribution in [-0.4, -0.2) is 33.4 Å². The van der Waals surface area contributed by atoms with Crippen molar-refractivity contribution >= 4 is 23.4 Å². The molecule has 1 atom stereocenters. The van der Waals surface area contributed by atoms with Crippen molar-refractivity contribution in [2.45, 2.75) is 24.3 Å². The fourth-order valence-corrected chi connectivity index (χ4v) is 2.91. The molecule has 1 amide bonds. The Balaban J connectivity index is 1.67. The first-order valence-electron chi connectivity index (χ1n) is 7.93. The van der Waals surface area contributed by atoms with E-state index in [1.807, 2.05) is 31.2 Å². The number of nitrogens with one attached hydrogen (secondary N) is 1. The number of benzene rings is 1. The molecule has 3 aromatic rings. The number of ether oxygens (including phenoxy) is 1. The Hall–Kier alpha value is -2.87. The molecule has 0 fully saturated rings. The number of hydrogen-bond donors (Lipinski definition) is 1. The van der Waals surface area contributed by atoms with Crippen molar-refractivity contribution < 1.29 is 13.9 Å². The molecule has 1 aromatic carbocycles. The molecule has 134 valence electrons. The molecule has 7 nitrogen and oxygen atoms in total. The Kier molecular flexibility index (Phi) is 5.52. The van der Waals surface area contributed by atoms with Crippen LogP contribution < -0.4 is 10.1 Å². The van der Waals surface area contributed by atoms with E-state index in [-0.39, 0.29) is 5.91 Å². The molecule has 2 heterocycles. The van der Waals surface area contributed by atoms with Gasteiger partial charge in [0.05, 0.1) is 23.6 Å². The summed E-state index contributed by atoms with van der Waals surface area (Å²) >= 11 is 1.19. The number of amides is 1. The van der Waals surface area contributed by atoms with Gasteiger partial charge in [0.25, 0.3) is 5.22 Å². The van der Waals surface area contributed by atoms with Gasteiger partial charge in [0.1, 0.15) is 5.75 Å². The van der Waals surface area contributed by atoms with Gasteiger partial charge in [-0.15, -0.1) is 10.2 Å². The molecule has 0 unspecified atom stereocenters. The zero-order valence-corrected chi connectivity index (χ0v) is 15.4. The molecule has 0 spiro atoms. The summed E-state index contributed by atoms with van der Waals surface area (Å²) in [5.41, 5.74) is 2.39. The first kappa shape index (κ1) is 17.9. The van der Waals surface area contributed by atoms with Crippen LogP contribution in [0, 0.1) is 6.92 Å². The molecule has 3 rings (SSSR count). The summed E-state index contributed by atoms with van der Waals surface area (Å²) in [6.45, 7) is 3.72. The van der Waals surface area contributed by atoms with Crippen LogP contribution in [0.1, 0.15) is 12.5 Å². The highest BCUT2D eigenvalue weighted by Gasteiger charge is 2.20. The maximum Gasteiger partial charge on any atom is 0.277 e. The lowest BCUT2D eigenvalue weighted by molar-refractivity contribution is -0.115. The molecular weight excluding hydrogens is 352 g/mol. The number of thioether (sulfide) groups is 1. The van der Waals surface area contributed by atoms with Crippen LogP contribution in [0.25, 0.3) is 11.5 Å². The van der Waals surface area contributed by atoms with E-state index < -0.39 is 5.25 Å². The van der Waals surface area contributed by atoms with Crippen molar-refractivity contribution in [1.29, 1.82) is 0 Å². The van der Waals surface area contributed by atoms with Crippen LogP contribution in [0.5, 0.6) is 5.75 Å². The molecule has 0 aliphatic heterocycles. The van der Waals surface area contributed by atoms with E-state index in [1.165, 1.54) is 11.8 Å². The van der Waals surface area contributed by atoms with Crippen LogP contribution in [0.15, 0.2) is 52.4 Å². The van der Waals surface area contributed by atoms with E-state index in [4.69, 9.17) is 9.15 Å². The molecule has 0 saturated heterocycles. The van der Waals surface area contributed by atoms with Crippen molar-refractivity contribution in [3.63, 3.8) is 0 Å². The van der Waals surface area contributed by atoms with E-state index in [2.05, 4.69) is 20.5 Å². The Labute approximate surface area is 155 Å². The highest BCUT2D eigenvalue weighted by atomic mass is 32.2. The minimum Gasteiger partial charge on any atom is -0.495 e. The van der Waals surface area contributed by atoms with Crippen molar-refractivity contribution in [3.05, 3.63) is 48.3 Å². The van der Waals surface area contributed by atoms with Gasteiger partial charge < -0.3 is 14.5 Å². The van der Waals surface area contributed by atoms with Gasteiger partial charge in [-0.2, -0.15) is 0 Å². The van der Waals surface area contributed by atoms with Gasteiger partial charge in [0.15, 0.2) is 0 Å². The largest absolute Gasteiger partial charge is 0.495 e. The lowest BCUT2D eigenvalue weighted by atomic mass is 10.2. The van der Waals surface area contributed by atoms with Gasteiger partial charge in [-0.1, -0.05) is 17.8 Å². The van der Waals surface area contributed by atoms with Crippen LogP contribution in [0.3, 0.4) is 0 Å². The molecule has 8 heteroatoms. The molecule has 0 aliphatic rings. The lowest BCUT2D eigenvalue weighted by Gasteiger charge is -2.13. The Morgan fingerprint density at radius 1 is 1.31 bits per heavy atom. The summed E-state index contributed by atoms with van der Waals surface area (Å²) in [6, 6.07) is 9.22. The number of methoxy groups -OCH3 is 1. The highest BCUT2D eigenvalue weighted by molar-refractivity contribution is 8.00. The van der Waals surface area contributed by atoms with Crippen molar-refractivity contribution in [2.75, 3.05) is 12.4 Å². The summed E-state index contributed by atoms with van der Waals surface area (Å²) < 4.78 is 10.9. The number of hydrogen-bond acceptors (Lipinski definition) is 7. The molecular formula is C18H18N4O3S. The van der Waals surface area contributed by atoms with E-state index in [0.29, 0.717) is 22.6 Å². The monoisotopic (exact) mass is 370 g/mol. The summed E-state index contributed by atoms with van der Waals surface area (Å²) in [6.07, 6.45) is 3.31. The molecule has 1 N–H and O–H groups in total. The van der Waals surface area contributed by atoms with Crippen LogP contribution >= 0.6 is 11.8 Å². The number of carbonyl (C=O) groups excluding carboxylic acids is 1. The second-order valence-electron chi connectivity index (χ2n) is 5.57. The fourth-order valence-electron chi connectivity index (χ4n) is 2.22. The SMILES string of the molecule is COc1ccc(C)cc1NC(=O)[C@H](C)Sc1nnc(-c2cccnc2)o1. The third-order valence-corrected chi connectivity index (χ3v) is 4.51. The fraction of sp³-hybridized carbons (Fsp3) is 0.222. The molecule has 0 radical (unpaired) electrons. The first-order valence-corrected chi connectivity index (χ1v) is 8.81. The molecule has 0 saturated carbocycles. The number of nitrogens with zero attached hydrogens (tertiary/aromatic N) is 3. The van der Waals surface area contributed by atoms with E-state index in [1.54, 1.807) is 32.5 Å². The first-order chi connectivity index (χ1) is 12.6. The maximum atomic E-state index is 12.5. The van der Waals surface area contributed by atoms with Gasteiger partial charge in [0, 0.05) is 12.4 Å². The van der Waals surface area contributed by atoms with Crippen LogP contribution in [0.2, 0.25) is 0 Å². The molecule has 0 aliphatic carbocycles. The standard InChI is InChI=1S/C18H18N4O3S/c1-11-6-7-15(24-3)14(9-11)20-16(23)12(2)26-18-22-21-17(25-18)13-5-4-8-19-10-13/h4-10,12H,1-3H3,(H,20,23)/t12-/m0/s1. The predicted octanol–water partition coefficient (Wildman–Crippen LogP) is 3.57. The van der Waals surface area contributed by atoms with Crippen LogP contribution in [-0.2, 0) is 4.79 Å². The minimum absolute atomic E-state index is 0.181. The van der Waals surface area contributed by atoms with Gasteiger partial charge in [-0.05, 0) is 43.7 Å².